The number of rotatable bonds is 1. The number of likely N-dealkylation sites (N-methyl/N-ethyl adjacent to an activating group) is 1. The summed E-state index contributed by atoms with van der Waals surface area (Å²) < 4.78 is 5.68. The van der Waals surface area contributed by atoms with E-state index >= 15 is 0 Å². The van der Waals surface area contributed by atoms with Crippen LogP contribution in [0, 0.1) is 17.2 Å². The molecule has 26 heavy (non-hydrogen) atoms. The number of ketones is 1. The van der Waals surface area contributed by atoms with Crippen LogP contribution in [0.2, 0.25) is 0 Å². The predicted molar refractivity (Wildman–Crippen MR) is 94.5 cm³/mol. The van der Waals surface area contributed by atoms with Crippen LogP contribution in [-0.2, 0) is 19.7 Å². The van der Waals surface area contributed by atoms with Crippen molar-refractivity contribution >= 4 is 17.4 Å². The van der Waals surface area contributed by atoms with Crippen LogP contribution in [0.15, 0.2) is 47.1 Å². The van der Waals surface area contributed by atoms with Crippen molar-refractivity contribution < 1.29 is 14.3 Å². The van der Waals surface area contributed by atoms with Crippen LogP contribution in [-0.4, -0.2) is 18.2 Å². The van der Waals surface area contributed by atoms with Gasteiger partial charge >= 0.3 is 0 Å². The van der Waals surface area contributed by atoms with Crippen molar-refractivity contribution in [1.29, 1.82) is 5.26 Å². The Labute approximate surface area is 151 Å². The van der Waals surface area contributed by atoms with Gasteiger partial charge in [0, 0.05) is 30.6 Å². The highest BCUT2D eigenvalue weighted by molar-refractivity contribution is 6.20. The van der Waals surface area contributed by atoms with E-state index in [9.17, 15) is 14.9 Å². The number of allylic oxidation sites excluding steroid dienone is 1. The molecule has 0 unspecified atom stereocenters. The molecule has 2 aliphatic heterocycles. The standard InChI is InChI=1S/C20H19N3O3/c1-3-23-14-7-5-4-6-12(14)20(19(23)25)13(10-21)18(22)26-16-9-11(2)8-15(24)17(16)20/h4-7,11H,3,8-9,22H2,1-2H3/t11-,20+/m1/s1. The molecule has 0 fully saturated rings. The van der Waals surface area contributed by atoms with E-state index in [-0.39, 0.29) is 34.6 Å². The first-order valence-electron chi connectivity index (χ1n) is 8.73. The van der Waals surface area contributed by atoms with Gasteiger partial charge in [-0.3, -0.25) is 9.59 Å². The number of Topliss-reactive ketones (excluding diaryl/α,β-unsaturated/α-hetero) is 1. The summed E-state index contributed by atoms with van der Waals surface area (Å²) in [7, 11) is 0. The van der Waals surface area contributed by atoms with Gasteiger partial charge in [-0.05, 0) is 18.9 Å². The van der Waals surface area contributed by atoms with Gasteiger partial charge in [0.05, 0.1) is 5.57 Å². The maximum atomic E-state index is 13.6. The molecule has 4 rings (SSSR count). The molecule has 1 aromatic rings. The number of ether oxygens (including phenoxy) is 1. The lowest BCUT2D eigenvalue weighted by molar-refractivity contribution is -0.125. The van der Waals surface area contributed by atoms with Crippen molar-refractivity contribution in [2.45, 2.75) is 32.1 Å². The average molecular weight is 349 g/mol. The number of para-hydroxylation sites is 1. The van der Waals surface area contributed by atoms with E-state index in [1.807, 2.05) is 32.0 Å². The topological polar surface area (TPSA) is 96.4 Å². The first-order valence-corrected chi connectivity index (χ1v) is 8.73. The number of carbonyl (C=O) groups is 2. The number of benzene rings is 1. The second kappa shape index (κ2) is 5.46. The number of hydrogen-bond acceptors (Lipinski definition) is 5. The summed E-state index contributed by atoms with van der Waals surface area (Å²) >= 11 is 0. The number of carbonyl (C=O) groups excluding carboxylic acids is 2. The van der Waals surface area contributed by atoms with Crippen LogP contribution in [0.3, 0.4) is 0 Å². The SMILES string of the molecule is CCN1C(=O)[C@]2(C(C#N)=C(N)OC3=C2C(=O)C[C@@H](C)C3)c2ccccc21. The molecule has 6 heteroatoms. The molecule has 1 aromatic carbocycles. The van der Waals surface area contributed by atoms with E-state index < -0.39 is 5.41 Å². The van der Waals surface area contributed by atoms with Crippen molar-refractivity contribution in [3.8, 4) is 6.07 Å². The van der Waals surface area contributed by atoms with Crippen LogP contribution in [0.1, 0.15) is 32.3 Å². The molecule has 0 saturated carbocycles. The molecule has 0 aromatic heterocycles. The maximum absolute atomic E-state index is 13.6. The molecule has 2 heterocycles. The summed E-state index contributed by atoms with van der Waals surface area (Å²) in [6.07, 6.45) is 0.841. The van der Waals surface area contributed by atoms with Crippen LogP contribution in [0.4, 0.5) is 5.69 Å². The Bertz CT molecular complexity index is 953. The van der Waals surface area contributed by atoms with Gasteiger partial charge in [0.1, 0.15) is 22.8 Å². The minimum absolute atomic E-state index is 0.00699. The van der Waals surface area contributed by atoms with Crippen molar-refractivity contribution in [2.75, 3.05) is 11.4 Å². The highest BCUT2D eigenvalue weighted by Crippen LogP contribution is 2.55. The van der Waals surface area contributed by atoms with Crippen molar-refractivity contribution in [2.24, 2.45) is 11.7 Å². The molecule has 1 spiro atoms. The molecule has 0 saturated heterocycles. The largest absolute Gasteiger partial charge is 0.444 e. The fourth-order valence-corrected chi connectivity index (χ4v) is 4.46. The summed E-state index contributed by atoms with van der Waals surface area (Å²) in [5.74, 6) is -0.0242. The van der Waals surface area contributed by atoms with E-state index in [0.717, 1.165) is 0 Å². The van der Waals surface area contributed by atoms with E-state index in [1.54, 1.807) is 11.0 Å². The molecule has 0 radical (unpaired) electrons. The molecule has 1 aliphatic carbocycles. The first-order chi connectivity index (χ1) is 12.5. The number of fused-ring (bicyclic) bond motifs is 3. The number of hydrogen-bond donors (Lipinski definition) is 1. The summed E-state index contributed by atoms with van der Waals surface area (Å²) in [5, 5.41) is 9.85. The Morgan fingerprint density at radius 2 is 2.08 bits per heavy atom. The minimum Gasteiger partial charge on any atom is -0.444 e. The van der Waals surface area contributed by atoms with Gasteiger partial charge < -0.3 is 15.4 Å². The second-order valence-corrected chi connectivity index (χ2v) is 7.00. The van der Waals surface area contributed by atoms with E-state index in [2.05, 4.69) is 6.07 Å². The number of nitrogens with zero attached hydrogens (tertiary/aromatic N) is 2. The Hall–Kier alpha value is -3.07. The summed E-state index contributed by atoms with van der Waals surface area (Å²) in [5.41, 5.74) is 6.21. The number of anilines is 1. The van der Waals surface area contributed by atoms with Gasteiger partial charge in [0.15, 0.2) is 5.78 Å². The molecule has 0 bridgehead atoms. The molecule has 2 N–H and O–H groups in total. The smallest absolute Gasteiger partial charge is 0.247 e. The third kappa shape index (κ3) is 1.80. The van der Waals surface area contributed by atoms with E-state index in [4.69, 9.17) is 10.5 Å². The maximum Gasteiger partial charge on any atom is 0.247 e. The number of nitrogens with two attached hydrogens (primary N) is 1. The lowest BCUT2D eigenvalue weighted by atomic mass is 9.64. The zero-order valence-corrected chi connectivity index (χ0v) is 14.7. The average Bonchev–Trinajstić information content (AvgIpc) is 2.84. The molecule has 2 atom stereocenters. The molecular weight excluding hydrogens is 330 g/mol. The van der Waals surface area contributed by atoms with Crippen LogP contribution in [0.5, 0.6) is 0 Å². The fourth-order valence-electron chi connectivity index (χ4n) is 4.46. The quantitative estimate of drug-likeness (QED) is 0.839. The lowest BCUT2D eigenvalue weighted by Gasteiger charge is -2.38. The van der Waals surface area contributed by atoms with Crippen molar-refractivity contribution in [1.82, 2.24) is 0 Å². The monoisotopic (exact) mass is 349 g/mol. The summed E-state index contributed by atoms with van der Waals surface area (Å²) in [6.45, 7) is 4.26. The minimum atomic E-state index is -1.49. The lowest BCUT2D eigenvalue weighted by Crippen LogP contribution is -2.49. The van der Waals surface area contributed by atoms with Crippen LogP contribution < -0.4 is 10.6 Å². The highest BCUT2D eigenvalue weighted by atomic mass is 16.5. The summed E-state index contributed by atoms with van der Waals surface area (Å²) in [6, 6.07) is 9.35. The van der Waals surface area contributed by atoms with E-state index in [1.165, 1.54) is 0 Å². The van der Waals surface area contributed by atoms with Gasteiger partial charge in [0.2, 0.25) is 11.8 Å². The Morgan fingerprint density at radius 3 is 2.77 bits per heavy atom. The predicted octanol–water partition coefficient (Wildman–Crippen LogP) is 2.27. The molecule has 6 nitrogen and oxygen atoms in total. The fraction of sp³-hybridized carbons (Fsp3) is 0.350. The zero-order valence-electron chi connectivity index (χ0n) is 14.7. The molecule has 3 aliphatic rings. The van der Waals surface area contributed by atoms with Gasteiger partial charge in [-0.25, -0.2) is 0 Å². The Morgan fingerprint density at radius 1 is 1.35 bits per heavy atom. The first kappa shape index (κ1) is 16.4. The van der Waals surface area contributed by atoms with Crippen molar-refractivity contribution in [3.63, 3.8) is 0 Å². The normalized spacial score (nSPS) is 27.4. The number of amides is 1. The Balaban J connectivity index is 2.12. The van der Waals surface area contributed by atoms with Crippen LogP contribution >= 0.6 is 0 Å². The number of nitriles is 1. The van der Waals surface area contributed by atoms with Gasteiger partial charge in [0.25, 0.3) is 0 Å². The third-order valence-electron chi connectivity index (χ3n) is 5.45. The molecule has 132 valence electrons. The molecule has 1 amide bonds. The van der Waals surface area contributed by atoms with E-state index in [0.29, 0.717) is 36.4 Å². The van der Waals surface area contributed by atoms with Crippen LogP contribution in [0.25, 0.3) is 0 Å². The zero-order chi connectivity index (χ0) is 18.6. The van der Waals surface area contributed by atoms with Gasteiger partial charge in [-0.15, -0.1) is 0 Å². The van der Waals surface area contributed by atoms with Crippen molar-refractivity contribution in [3.05, 3.63) is 52.6 Å². The molecular formula is C20H19N3O3. The third-order valence-corrected chi connectivity index (χ3v) is 5.45. The van der Waals surface area contributed by atoms with Gasteiger partial charge in [-0.2, -0.15) is 5.26 Å². The Kier molecular flexibility index (Phi) is 3.45. The highest BCUT2D eigenvalue weighted by Gasteiger charge is 2.62. The van der Waals surface area contributed by atoms with Gasteiger partial charge in [-0.1, -0.05) is 25.1 Å². The second-order valence-electron chi connectivity index (χ2n) is 7.00. The summed E-state index contributed by atoms with van der Waals surface area (Å²) in [4.78, 5) is 28.3.